The van der Waals surface area contributed by atoms with E-state index in [4.69, 9.17) is 9.26 Å². The smallest absolute Gasteiger partial charge is 0.227 e. The Kier molecular flexibility index (Phi) is 6.76. The molecule has 0 fully saturated rings. The first kappa shape index (κ1) is 13.1. The van der Waals surface area contributed by atoms with Crippen molar-refractivity contribution >= 4 is 0 Å². The zero-order chi connectivity index (χ0) is 11.6. The minimum Gasteiger partial charge on any atom is -0.380 e. The fourth-order valence-electron chi connectivity index (χ4n) is 1.19. The molecule has 92 valence electrons. The predicted octanol–water partition coefficient (Wildman–Crippen LogP) is 1.26. The Labute approximate surface area is 96.6 Å². The van der Waals surface area contributed by atoms with E-state index in [1.807, 2.05) is 0 Å². The lowest BCUT2D eigenvalue weighted by molar-refractivity contribution is 0.125. The summed E-state index contributed by atoms with van der Waals surface area (Å²) in [5.41, 5.74) is 0. The Hall–Kier alpha value is -0.940. The van der Waals surface area contributed by atoms with E-state index < -0.39 is 0 Å². The van der Waals surface area contributed by atoms with Crippen molar-refractivity contribution in [3.05, 3.63) is 12.2 Å². The van der Waals surface area contributed by atoms with Crippen molar-refractivity contribution < 1.29 is 9.26 Å². The third kappa shape index (κ3) is 6.53. The fourth-order valence-corrected chi connectivity index (χ4v) is 1.19. The molecule has 0 aliphatic carbocycles. The number of hydrogen-bond acceptors (Lipinski definition) is 5. The Morgan fingerprint density at radius 2 is 2.25 bits per heavy atom. The third-order valence-corrected chi connectivity index (χ3v) is 2.19. The molecular weight excluding hydrogens is 206 g/mol. The summed E-state index contributed by atoms with van der Waals surface area (Å²) in [4.78, 5) is 3.93. The molecule has 0 radical (unpaired) electrons. The molecule has 5 heteroatoms. The average Bonchev–Trinajstić information content (AvgIpc) is 2.74. The summed E-state index contributed by atoms with van der Waals surface area (Å²) >= 11 is 0. The number of hydrogen-bond donors (Lipinski definition) is 1. The van der Waals surface area contributed by atoms with Crippen LogP contribution in [0.15, 0.2) is 10.9 Å². The van der Waals surface area contributed by atoms with Crippen LogP contribution in [0.4, 0.5) is 0 Å². The van der Waals surface area contributed by atoms with Crippen molar-refractivity contribution in [3.63, 3.8) is 0 Å². The van der Waals surface area contributed by atoms with Crippen LogP contribution in [-0.4, -0.2) is 36.4 Å². The third-order valence-electron chi connectivity index (χ3n) is 2.19. The number of nitrogens with zero attached hydrogens (tertiary/aromatic N) is 2. The lowest BCUT2D eigenvalue weighted by Gasteiger charge is -2.06. The normalized spacial score (nSPS) is 11.2. The Balaban J connectivity index is 1.82. The zero-order valence-corrected chi connectivity index (χ0v) is 10.1. The van der Waals surface area contributed by atoms with Crippen LogP contribution in [0.2, 0.25) is 0 Å². The molecule has 0 unspecified atom stereocenters. The van der Waals surface area contributed by atoms with Crippen LogP contribution in [0, 0.1) is 5.92 Å². The van der Waals surface area contributed by atoms with E-state index in [0.717, 1.165) is 39.1 Å². The molecular formula is C11H21N3O2. The monoisotopic (exact) mass is 227 g/mol. The standard InChI is InChI=1S/C11H21N3O2/c1-10(2)4-7-15-8-6-12-5-3-11-13-9-14-16-11/h9-10,12H,3-8H2,1-2H3. The van der Waals surface area contributed by atoms with Crippen molar-refractivity contribution in [1.29, 1.82) is 0 Å². The maximum absolute atomic E-state index is 5.47. The summed E-state index contributed by atoms with van der Waals surface area (Å²) < 4.78 is 10.3. The van der Waals surface area contributed by atoms with Crippen molar-refractivity contribution in [2.24, 2.45) is 5.92 Å². The molecule has 0 aromatic carbocycles. The van der Waals surface area contributed by atoms with Crippen LogP contribution >= 0.6 is 0 Å². The molecule has 16 heavy (non-hydrogen) atoms. The quantitative estimate of drug-likeness (QED) is 0.644. The second kappa shape index (κ2) is 8.24. The topological polar surface area (TPSA) is 60.2 Å². The molecule has 1 heterocycles. The van der Waals surface area contributed by atoms with E-state index in [0.29, 0.717) is 11.8 Å². The maximum Gasteiger partial charge on any atom is 0.227 e. The summed E-state index contributed by atoms with van der Waals surface area (Å²) in [6, 6.07) is 0. The van der Waals surface area contributed by atoms with E-state index in [2.05, 4.69) is 29.3 Å². The fraction of sp³-hybridized carbons (Fsp3) is 0.818. The Bertz CT molecular complexity index is 250. The largest absolute Gasteiger partial charge is 0.380 e. The van der Waals surface area contributed by atoms with Gasteiger partial charge in [-0.25, -0.2) is 0 Å². The van der Waals surface area contributed by atoms with E-state index >= 15 is 0 Å². The summed E-state index contributed by atoms with van der Waals surface area (Å²) in [5.74, 6) is 1.39. The second-order valence-corrected chi connectivity index (χ2v) is 4.13. The molecule has 1 rings (SSSR count). The molecule has 0 saturated heterocycles. The molecule has 1 N–H and O–H groups in total. The molecule has 0 atom stereocenters. The Morgan fingerprint density at radius 3 is 2.94 bits per heavy atom. The van der Waals surface area contributed by atoms with Gasteiger partial charge in [0.05, 0.1) is 6.61 Å². The highest BCUT2D eigenvalue weighted by atomic mass is 16.5. The second-order valence-electron chi connectivity index (χ2n) is 4.13. The van der Waals surface area contributed by atoms with Gasteiger partial charge in [-0.2, -0.15) is 4.98 Å². The Morgan fingerprint density at radius 1 is 1.38 bits per heavy atom. The van der Waals surface area contributed by atoms with Crippen LogP contribution in [0.5, 0.6) is 0 Å². The SMILES string of the molecule is CC(C)CCOCCNCCc1ncno1. The van der Waals surface area contributed by atoms with Gasteiger partial charge in [-0.15, -0.1) is 0 Å². The average molecular weight is 227 g/mol. The van der Waals surface area contributed by atoms with Crippen molar-refractivity contribution in [2.75, 3.05) is 26.3 Å². The lowest BCUT2D eigenvalue weighted by atomic mass is 10.1. The number of nitrogens with one attached hydrogen (secondary N) is 1. The summed E-state index contributed by atoms with van der Waals surface area (Å²) in [6.45, 7) is 7.72. The first-order chi connectivity index (χ1) is 7.79. The predicted molar refractivity (Wildman–Crippen MR) is 61.1 cm³/mol. The van der Waals surface area contributed by atoms with E-state index in [1.54, 1.807) is 0 Å². The highest BCUT2D eigenvalue weighted by Crippen LogP contribution is 1.98. The van der Waals surface area contributed by atoms with Gasteiger partial charge < -0.3 is 14.6 Å². The minimum atomic E-state index is 0.674. The van der Waals surface area contributed by atoms with E-state index in [9.17, 15) is 0 Å². The molecule has 1 aromatic rings. The van der Waals surface area contributed by atoms with Crippen LogP contribution in [-0.2, 0) is 11.2 Å². The molecule has 5 nitrogen and oxygen atoms in total. The van der Waals surface area contributed by atoms with Gasteiger partial charge in [0.25, 0.3) is 0 Å². The van der Waals surface area contributed by atoms with Crippen LogP contribution in [0.25, 0.3) is 0 Å². The van der Waals surface area contributed by atoms with Crippen molar-refractivity contribution in [1.82, 2.24) is 15.5 Å². The van der Waals surface area contributed by atoms with Crippen LogP contribution in [0.1, 0.15) is 26.2 Å². The van der Waals surface area contributed by atoms with Gasteiger partial charge in [-0.1, -0.05) is 19.0 Å². The molecule has 0 saturated carbocycles. The highest BCUT2D eigenvalue weighted by Gasteiger charge is 1.97. The molecule has 0 amide bonds. The van der Waals surface area contributed by atoms with Gasteiger partial charge in [-0.05, 0) is 12.3 Å². The maximum atomic E-state index is 5.47. The van der Waals surface area contributed by atoms with E-state index in [1.165, 1.54) is 6.33 Å². The molecule has 1 aromatic heterocycles. The van der Waals surface area contributed by atoms with Crippen molar-refractivity contribution in [2.45, 2.75) is 26.7 Å². The molecule has 0 bridgehead atoms. The minimum absolute atomic E-state index is 0.674. The first-order valence-electron chi connectivity index (χ1n) is 5.83. The highest BCUT2D eigenvalue weighted by molar-refractivity contribution is 4.74. The van der Waals surface area contributed by atoms with Crippen LogP contribution in [0.3, 0.4) is 0 Å². The number of ether oxygens (including phenoxy) is 1. The van der Waals surface area contributed by atoms with Gasteiger partial charge in [0.15, 0.2) is 6.33 Å². The summed E-state index contributed by atoms with van der Waals surface area (Å²) in [5, 5.41) is 6.80. The van der Waals surface area contributed by atoms with Crippen molar-refractivity contribution in [3.8, 4) is 0 Å². The van der Waals surface area contributed by atoms with Crippen LogP contribution < -0.4 is 5.32 Å². The zero-order valence-electron chi connectivity index (χ0n) is 10.1. The number of rotatable bonds is 9. The number of aromatic nitrogens is 2. The summed E-state index contributed by atoms with van der Waals surface area (Å²) in [6.07, 6.45) is 3.32. The first-order valence-corrected chi connectivity index (χ1v) is 5.83. The summed E-state index contributed by atoms with van der Waals surface area (Å²) in [7, 11) is 0. The van der Waals surface area contributed by atoms with Gasteiger partial charge in [0.2, 0.25) is 5.89 Å². The van der Waals surface area contributed by atoms with Gasteiger partial charge in [0.1, 0.15) is 0 Å². The van der Waals surface area contributed by atoms with Gasteiger partial charge in [0, 0.05) is 26.1 Å². The van der Waals surface area contributed by atoms with Gasteiger partial charge in [-0.3, -0.25) is 0 Å². The molecule has 0 aliphatic heterocycles. The van der Waals surface area contributed by atoms with Gasteiger partial charge >= 0.3 is 0 Å². The lowest BCUT2D eigenvalue weighted by Crippen LogP contribution is -2.22. The van der Waals surface area contributed by atoms with E-state index in [-0.39, 0.29) is 0 Å². The molecule has 0 spiro atoms. The molecule has 0 aliphatic rings.